The number of H-pyrrole nitrogens is 1. The van der Waals surface area contributed by atoms with Gasteiger partial charge in [0.1, 0.15) is 5.75 Å². The van der Waals surface area contributed by atoms with Crippen LogP contribution in [0.5, 0.6) is 5.75 Å². The van der Waals surface area contributed by atoms with Gasteiger partial charge in [0.25, 0.3) is 5.91 Å². The van der Waals surface area contributed by atoms with Crippen molar-refractivity contribution in [2.45, 2.75) is 6.42 Å². The van der Waals surface area contributed by atoms with Crippen molar-refractivity contribution in [2.24, 2.45) is 0 Å². The summed E-state index contributed by atoms with van der Waals surface area (Å²) in [5, 5.41) is 12.2. The number of anilines is 2. The molecule has 32 heavy (non-hydrogen) atoms. The Kier molecular flexibility index (Phi) is 6.31. The molecule has 4 rings (SSSR count). The van der Waals surface area contributed by atoms with Crippen LogP contribution in [0.3, 0.4) is 0 Å². The van der Waals surface area contributed by atoms with Crippen LogP contribution in [0, 0.1) is 0 Å². The summed E-state index contributed by atoms with van der Waals surface area (Å²) in [5.74, 6) is 0.864. The lowest BCUT2D eigenvalue weighted by Crippen LogP contribution is -2.15. The average Bonchev–Trinajstić information content (AvgIpc) is 3.44. The van der Waals surface area contributed by atoms with E-state index < -0.39 is 0 Å². The number of aromatic nitrogens is 3. The van der Waals surface area contributed by atoms with Crippen molar-refractivity contribution in [3.63, 3.8) is 0 Å². The van der Waals surface area contributed by atoms with Crippen LogP contribution in [0.4, 0.5) is 11.6 Å². The molecule has 0 unspecified atom stereocenters. The minimum Gasteiger partial charge on any atom is -0.496 e. The number of nitrogens with zero attached hydrogens (tertiary/aromatic N) is 2. The molecule has 0 aliphatic rings. The molecular weight excluding hydrogens is 478 g/mol. The van der Waals surface area contributed by atoms with Crippen molar-refractivity contribution in [1.82, 2.24) is 15.2 Å². The average molecular weight is 496 g/mol. The zero-order chi connectivity index (χ0) is 22.5. The summed E-state index contributed by atoms with van der Waals surface area (Å²) < 4.78 is 11.0. The van der Waals surface area contributed by atoms with E-state index in [0.29, 0.717) is 21.9 Å². The first-order valence-corrected chi connectivity index (χ1v) is 10.3. The van der Waals surface area contributed by atoms with E-state index in [-0.39, 0.29) is 29.9 Å². The third-order valence-electron chi connectivity index (χ3n) is 4.47. The molecule has 3 N–H and O–H groups in total. The minimum atomic E-state index is -0.364. The first-order valence-electron chi connectivity index (χ1n) is 9.53. The second-order valence-corrected chi connectivity index (χ2v) is 7.47. The summed E-state index contributed by atoms with van der Waals surface area (Å²) in [6.07, 6.45) is 0.123. The van der Waals surface area contributed by atoms with Crippen molar-refractivity contribution < 1.29 is 18.7 Å². The molecule has 0 radical (unpaired) electrons. The summed E-state index contributed by atoms with van der Waals surface area (Å²) in [5.41, 5.74) is 2.09. The van der Waals surface area contributed by atoms with Crippen LogP contribution in [0.15, 0.2) is 69.8 Å². The van der Waals surface area contributed by atoms with Gasteiger partial charge >= 0.3 is 0 Å². The number of methoxy groups -OCH3 is 1. The number of ether oxygens (including phenoxy) is 1. The summed E-state index contributed by atoms with van der Waals surface area (Å²) in [6.45, 7) is 0. The molecular formula is C22H18BrN5O4. The van der Waals surface area contributed by atoms with Gasteiger partial charge < -0.3 is 14.5 Å². The maximum atomic E-state index is 12.4. The fourth-order valence-corrected chi connectivity index (χ4v) is 3.27. The second-order valence-electron chi connectivity index (χ2n) is 6.69. The number of hydrogen-bond acceptors (Lipinski definition) is 6. The molecule has 0 atom stereocenters. The lowest BCUT2D eigenvalue weighted by molar-refractivity contribution is -0.115. The number of furan rings is 1. The van der Waals surface area contributed by atoms with Crippen LogP contribution in [0.1, 0.15) is 16.1 Å². The quantitative estimate of drug-likeness (QED) is 0.351. The van der Waals surface area contributed by atoms with Crippen LogP contribution in [0.2, 0.25) is 0 Å². The van der Waals surface area contributed by atoms with Gasteiger partial charge in [-0.05, 0) is 57.9 Å². The molecule has 10 heteroatoms. The fourth-order valence-electron chi connectivity index (χ4n) is 2.97. The lowest BCUT2D eigenvalue weighted by Gasteiger charge is -2.05. The van der Waals surface area contributed by atoms with Crippen molar-refractivity contribution in [2.75, 3.05) is 17.7 Å². The zero-order valence-electron chi connectivity index (χ0n) is 16.9. The normalized spacial score (nSPS) is 10.6. The Morgan fingerprint density at radius 3 is 2.56 bits per heavy atom. The lowest BCUT2D eigenvalue weighted by atomic mass is 10.1. The molecule has 2 heterocycles. The Morgan fingerprint density at radius 1 is 1.06 bits per heavy atom. The number of hydrogen-bond donors (Lipinski definition) is 3. The van der Waals surface area contributed by atoms with Gasteiger partial charge in [-0.2, -0.15) is 4.98 Å². The summed E-state index contributed by atoms with van der Waals surface area (Å²) in [7, 11) is 1.57. The first-order chi connectivity index (χ1) is 15.5. The summed E-state index contributed by atoms with van der Waals surface area (Å²) in [6, 6.07) is 17.5. The third kappa shape index (κ3) is 5.03. The van der Waals surface area contributed by atoms with Crippen molar-refractivity contribution >= 4 is 39.4 Å². The molecule has 4 aromatic rings. The van der Waals surface area contributed by atoms with Crippen LogP contribution in [-0.4, -0.2) is 34.1 Å². The van der Waals surface area contributed by atoms with Gasteiger partial charge in [-0.15, -0.1) is 5.10 Å². The number of carbonyl (C=O) groups is 2. The molecule has 2 aromatic heterocycles. The Bertz CT molecular complexity index is 1250. The Balaban J connectivity index is 1.34. The van der Waals surface area contributed by atoms with Gasteiger partial charge in [0.15, 0.2) is 16.3 Å². The molecule has 0 spiro atoms. The number of aromatic amines is 1. The smallest absolute Gasteiger partial charge is 0.291 e. The number of amides is 2. The van der Waals surface area contributed by atoms with E-state index in [1.165, 1.54) is 0 Å². The Morgan fingerprint density at radius 2 is 1.84 bits per heavy atom. The highest BCUT2D eigenvalue weighted by atomic mass is 79.9. The van der Waals surface area contributed by atoms with Gasteiger partial charge in [-0.1, -0.05) is 24.3 Å². The monoisotopic (exact) mass is 495 g/mol. The van der Waals surface area contributed by atoms with E-state index in [9.17, 15) is 9.59 Å². The fraction of sp³-hybridized carbons (Fsp3) is 0.0909. The topological polar surface area (TPSA) is 122 Å². The summed E-state index contributed by atoms with van der Waals surface area (Å²) >= 11 is 3.16. The molecule has 2 aromatic carbocycles. The Hall–Kier alpha value is -3.92. The Labute approximate surface area is 191 Å². The van der Waals surface area contributed by atoms with Crippen LogP contribution < -0.4 is 15.4 Å². The zero-order valence-corrected chi connectivity index (χ0v) is 18.5. The van der Waals surface area contributed by atoms with Gasteiger partial charge in [-0.3, -0.25) is 20.0 Å². The SMILES string of the molecule is COc1ccccc1-c1nc(NC(=O)Cc2ccc(NC(=O)c3ccc(Br)o3)cc2)n[nH]1. The van der Waals surface area contributed by atoms with Crippen molar-refractivity contribution in [3.8, 4) is 17.1 Å². The second kappa shape index (κ2) is 9.48. The number of benzene rings is 2. The predicted molar refractivity (Wildman–Crippen MR) is 122 cm³/mol. The molecule has 0 fully saturated rings. The van der Waals surface area contributed by atoms with E-state index in [1.807, 2.05) is 24.3 Å². The number of halogens is 1. The standard InChI is InChI=1S/C22H18BrN5O4/c1-31-16-5-3-2-4-15(16)20-26-22(28-27-20)25-19(29)12-13-6-8-14(9-7-13)24-21(30)17-10-11-18(23)32-17/h2-11H,12H2,1H3,(H,24,30)(H2,25,26,27,28,29). The van der Waals surface area contributed by atoms with Crippen LogP contribution in [0.25, 0.3) is 11.4 Å². The number of rotatable bonds is 7. The molecule has 162 valence electrons. The molecule has 0 bridgehead atoms. The largest absolute Gasteiger partial charge is 0.496 e. The highest BCUT2D eigenvalue weighted by molar-refractivity contribution is 9.10. The molecule has 0 aliphatic carbocycles. The molecule has 2 amide bonds. The van der Waals surface area contributed by atoms with Gasteiger partial charge in [0, 0.05) is 5.69 Å². The highest BCUT2D eigenvalue weighted by Crippen LogP contribution is 2.27. The third-order valence-corrected chi connectivity index (χ3v) is 4.90. The van der Waals surface area contributed by atoms with Crippen LogP contribution in [-0.2, 0) is 11.2 Å². The maximum Gasteiger partial charge on any atom is 0.291 e. The molecule has 0 saturated carbocycles. The van der Waals surface area contributed by atoms with E-state index in [4.69, 9.17) is 9.15 Å². The van der Waals surface area contributed by atoms with Crippen LogP contribution >= 0.6 is 15.9 Å². The van der Waals surface area contributed by atoms with Crippen molar-refractivity contribution in [3.05, 3.63) is 76.7 Å². The first kappa shape index (κ1) is 21.3. The number of carbonyl (C=O) groups excluding carboxylic acids is 2. The van der Waals surface area contributed by atoms with Gasteiger partial charge in [-0.25, -0.2) is 0 Å². The predicted octanol–water partition coefficient (Wildman–Crippen LogP) is 4.27. The number of nitrogens with one attached hydrogen (secondary N) is 3. The van der Waals surface area contributed by atoms with E-state index >= 15 is 0 Å². The van der Waals surface area contributed by atoms with Gasteiger partial charge in [0.05, 0.1) is 19.1 Å². The van der Waals surface area contributed by atoms with E-state index in [2.05, 4.69) is 41.7 Å². The summed E-state index contributed by atoms with van der Waals surface area (Å²) in [4.78, 5) is 28.8. The van der Waals surface area contributed by atoms with E-state index in [0.717, 1.165) is 11.1 Å². The minimum absolute atomic E-state index is 0.123. The molecule has 0 aliphatic heterocycles. The van der Waals surface area contributed by atoms with Crippen molar-refractivity contribution in [1.29, 1.82) is 0 Å². The number of para-hydroxylation sites is 1. The molecule has 9 nitrogen and oxygen atoms in total. The molecule has 0 saturated heterocycles. The maximum absolute atomic E-state index is 12.4. The van der Waals surface area contributed by atoms with Gasteiger partial charge in [0.2, 0.25) is 11.9 Å². The highest BCUT2D eigenvalue weighted by Gasteiger charge is 2.13. The van der Waals surface area contributed by atoms with E-state index in [1.54, 1.807) is 43.5 Å².